The van der Waals surface area contributed by atoms with Crippen LogP contribution in [-0.4, -0.2) is 16.8 Å². The van der Waals surface area contributed by atoms with E-state index in [4.69, 9.17) is 5.11 Å². The van der Waals surface area contributed by atoms with Crippen LogP contribution < -0.4 is 0 Å². The van der Waals surface area contributed by atoms with Crippen LogP contribution in [0, 0.1) is 5.82 Å². The zero-order valence-electron chi connectivity index (χ0n) is 9.35. The van der Waals surface area contributed by atoms with Crippen molar-refractivity contribution < 1.29 is 14.3 Å². The molecule has 0 amide bonds. The van der Waals surface area contributed by atoms with Gasteiger partial charge in [-0.2, -0.15) is 0 Å². The molecule has 1 aromatic rings. The minimum absolute atomic E-state index is 0.232. The number of aromatic carboxylic acids is 1. The lowest BCUT2D eigenvalue weighted by Gasteiger charge is -2.06. The van der Waals surface area contributed by atoms with Gasteiger partial charge in [-0.1, -0.05) is 24.8 Å². The van der Waals surface area contributed by atoms with E-state index in [-0.39, 0.29) is 11.1 Å². The molecule has 0 unspecified atom stereocenters. The van der Waals surface area contributed by atoms with Gasteiger partial charge in [0.15, 0.2) is 0 Å². The zero-order chi connectivity index (χ0) is 12.8. The highest BCUT2D eigenvalue weighted by atomic mass is 19.1. The van der Waals surface area contributed by atoms with Gasteiger partial charge in [-0.05, 0) is 19.1 Å². The maximum atomic E-state index is 13.5. The van der Waals surface area contributed by atoms with Gasteiger partial charge in [0.05, 0.1) is 5.71 Å². The third kappa shape index (κ3) is 2.87. The lowest BCUT2D eigenvalue weighted by Crippen LogP contribution is -2.10. The summed E-state index contributed by atoms with van der Waals surface area (Å²) in [4.78, 5) is 14.9. The minimum Gasteiger partial charge on any atom is -0.478 e. The molecule has 4 heteroatoms. The van der Waals surface area contributed by atoms with E-state index in [0.717, 1.165) is 6.07 Å². The molecule has 0 aliphatic rings. The molecule has 0 aromatic heterocycles. The second-order valence-corrected chi connectivity index (χ2v) is 3.16. The van der Waals surface area contributed by atoms with E-state index in [0.29, 0.717) is 5.71 Å². The van der Waals surface area contributed by atoms with E-state index in [9.17, 15) is 9.18 Å². The lowest BCUT2D eigenvalue weighted by molar-refractivity contribution is 0.0691. The third-order valence-electron chi connectivity index (χ3n) is 2.06. The summed E-state index contributed by atoms with van der Waals surface area (Å²) < 4.78 is 13.5. The quantitative estimate of drug-likeness (QED) is 0.812. The van der Waals surface area contributed by atoms with Crippen LogP contribution in [0.3, 0.4) is 0 Å². The van der Waals surface area contributed by atoms with Crippen molar-refractivity contribution in [3.63, 3.8) is 0 Å². The van der Waals surface area contributed by atoms with Gasteiger partial charge in [-0.3, -0.25) is 4.99 Å². The molecule has 1 rings (SSSR count). The molecule has 0 spiro atoms. The van der Waals surface area contributed by atoms with Gasteiger partial charge >= 0.3 is 5.97 Å². The topological polar surface area (TPSA) is 49.7 Å². The molecular formula is C13H12FNO2. The van der Waals surface area contributed by atoms with Crippen molar-refractivity contribution in [2.24, 2.45) is 4.99 Å². The van der Waals surface area contributed by atoms with Gasteiger partial charge in [0.2, 0.25) is 0 Å². The third-order valence-corrected chi connectivity index (χ3v) is 2.06. The molecule has 0 atom stereocenters. The van der Waals surface area contributed by atoms with Crippen LogP contribution in [0.15, 0.2) is 48.1 Å². The minimum atomic E-state index is -1.32. The van der Waals surface area contributed by atoms with Gasteiger partial charge in [-0.25, -0.2) is 9.18 Å². The number of allylic oxidation sites excluding steroid dienone is 2. The summed E-state index contributed by atoms with van der Waals surface area (Å²) in [6.07, 6.45) is 4.58. The number of nitrogens with zero attached hydrogens (tertiary/aromatic N) is 1. The number of aliphatic imine (C=N–C) groups is 1. The van der Waals surface area contributed by atoms with Crippen molar-refractivity contribution in [3.8, 4) is 0 Å². The Labute approximate surface area is 98.6 Å². The average molecular weight is 233 g/mol. The van der Waals surface area contributed by atoms with Gasteiger partial charge in [0, 0.05) is 11.8 Å². The number of carbonyl (C=O) groups is 1. The molecular weight excluding hydrogens is 221 g/mol. The number of hydrogen-bond donors (Lipinski definition) is 1. The van der Waals surface area contributed by atoms with Crippen molar-refractivity contribution in [2.45, 2.75) is 6.92 Å². The Bertz CT molecular complexity index is 504. The van der Waals surface area contributed by atoms with E-state index in [1.165, 1.54) is 18.3 Å². The fourth-order valence-electron chi connectivity index (χ4n) is 1.41. The maximum Gasteiger partial charge on any atom is 0.339 e. The number of rotatable bonds is 4. The highest BCUT2D eigenvalue weighted by molar-refractivity contribution is 6.14. The summed E-state index contributed by atoms with van der Waals surface area (Å²) in [5, 5.41) is 8.99. The molecule has 0 radical (unpaired) electrons. The van der Waals surface area contributed by atoms with E-state index in [1.54, 1.807) is 19.1 Å². The summed E-state index contributed by atoms with van der Waals surface area (Å²) in [7, 11) is 0. The molecule has 0 heterocycles. The SMILES string of the molecule is C=CN=C(/C=C\C)c1cccc(F)c1C(=O)O. The molecule has 88 valence electrons. The smallest absolute Gasteiger partial charge is 0.339 e. The summed E-state index contributed by atoms with van der Waals surface area (Å²) in [5.74, 6) is -2.10. The summed E-state index contributed by atoms with van der Waals surface area (Å²) in [5.41, 5.74) is 0.209. The predicted octanol–water partition coefficient (Wildman–Crippen LogP) is 3.03. The Balaban J connectivity index is 3.48. The van der Waals surface area contributed by atoms with E-state index >= 15 is 0 Å². The van der Waals surface area contributed by atoms with Crippen LogP contribution in [0.2, 0.25) is 0 Å². The van der Waals surface area contributed by atoms with Gasteiger partial charge < -0.3 is 5.11 Å². The Kier molecular flexibility index (Phi) is 4.34. The zero-order valence-corrected chi connectivity index (χ0v) is 9.35. The highest BCUT2D eigenvalue weighted by Gasteiger charge is 2.17. The second kappa shape index (κ2) is 5.75. The molecule has 17 heavy (non-hydrogen) atoms. The van der Waals surface area contributed by atoms with Crippen LogP contribution in [0.25, 0.3) is 0 Å². The first kappa shape index (κ1) is 12.8. The number of halogens is 1. The van der Waals surface area contributed by atoms with Crippen molar-refractivity contribution >= 4 is 11.7 Å². The molecule has 0 saturated carbocycles. The normalized spacial score (nSPS) is 11.8. The molecule has 0 aliphatic heterocycles. The van der Waals surface area contributed by atoms with Crippen LogP contribution in [0.4, 0.5) is 4.39 Å². The number of carboxylic acids is 1. The highest BCUT2D eigenvalue weighted by Crippen LogP contribution is 2.15. The molecule has 0 fully saturated rings. The fraction of sp³-hybridized carbons (Fsp3) is 0.0769. The molecule has 0 bridgehead atoms. The average Bonchev–Trinajstić information content (AvgIpc) is 2.28. The van der Waals surface area contributed by atoms with Crippen LogP contribution in [-0.2, 0) is 0 Å². The molecule has 0 aliphatic carbocycles. The first-order chi connectivity index (χ1) is 8.11. The number of carboxylic acid groups (broad SMARTS) is 1. The van der Waals surface area contributed by atoms with Crippen molar-refractivity contribution in [1.29, 1.82) is 0 Å². The second-order valence-electron chi connectivity index (χ2n) is 3.16. The van der Waals surface area contributed by atoms with E-state index in [2.05, 4.69) is 11.6 Å². The Hall–Kier alpha value is -2.23. The van der Waals surface area contributed by atoms with Crippen molar-refractivity contribution in [1.82, 2.24) is 0 Å². The Morgan fingerprint density at radius 3 is 2.76 bits per heavy atom. The molecule has 1 N–H and O–H groups in total. The standard InChI is InChI=1S/C13H12FNO2/c1-3-6-11(15-4-2)9-7-5-8-10(14)12(9)13(16)17/h3-8H,2H2,1H3,(H,16,17)/b6-3-,15-11?. The fourth-order valence-corrected chi connectivity index (χ4v) is 1.41. The Morgan fingerprint density at radius 1 is 1.53 bits per heavy atom. The maximum absolute atomic E-state index is 13.5. The molecule has 3 nitrogen and oxygen atoms in total. The molecule has 0 saturated heterocycles. The largest absolute Gasteiger partial charge is 0.478 e. The van der Waals surface area contributed by atoms with Crippen LogP contribution in [0.5, 0.6) is 0 Å². The van der Waals surface area contributed by atoms with Gasteiger partial charge in [0.25, 0.3) is 0 Å². The van der Waals surface area contributed by atoms with E-state index in [1.807, 2.05) is 0 Å². The lowest BCUT2D eigenvalue weighted by atomic mass is 10.0. The van der Waals surface area contributed by atoms with Crippen LogP contribution in [0.1, 0.15) is 22.8 Å². The summed E-state index contributed by atoms with van der Waals surface area (Å²) in [6.45, 7) is 5.20. The van der Waals surface area contributed by atoms with Crippen molar-refractivity contribution in [2.75, 3.05) is 0 Å². The van der Waals surface area contributed by atoms with Crippen LogP contribution >= 0.6 is 0 Å². The van der Waals surface area contributed by atoms with E-state index < -0.39 is 11.8 Å². The summed E-state index contributed by atoms with van der Waals surface area (Å²) >= 11 is 0. The molecule has 1 aromatic carbocycles. The Morgan fingerprint density at radius 2 is 2.24 bits per heavy atom. The van der Waals surface area contributed by atoms with Gasteiger partial charge in [0.1, 0.15) is 11.4 Å². The predicted molar refractivity (Wildman–Crippen MR) is 64.9 cm³/mol. The van der Waals surface area contributed by atoms with Gasteiger partial charge in [-0.15, -0.1) is 0 Å². The summed E-state index contributed by atoms with van der Waals surface area (Å²) in [6, 6.07) is 4.06. The monoisotopic (exact) mass is 233 g/mol. The number of benzene rings is 1. The van der Waals surface area contributed by atoms with Crippen molar-refractivity contribution in [3.05, 3.63) is 60.1 Å². The first-order valence-corrected chi connectivity index (χ1v) is 4.95. The number of hydrogen-bond acceptors (Lipinski definition) is 2. The first-order valence-electron chi connectivity index (χ1n) is 4.95.